The summed E-state index contributed by atoms with van der Waals surface area (Å²) in [5.74, 6) is -0.679. The quantitative estimate of drug-likeness (QED) is 0.297. The van der Waals surface area contributed by atoms with Crippen LogP contribution < -0.4 is 10.6 Å². The van der Waals surface area contributed by atoms with Crippen molar-refractivity contribution in [3.05, 3.63) is 11.6 Å². The molecule has 6 N–H and O–H groups in total. The van der Waals surface area contributed by atoms with Gasteiger partial charge in [-0.1, -0.05) is 13.0 Å². The van der Waals surface area contributed by atoms with Crippen LogP contribution in [-0.4, -0.2) is 88.4 Å². The molecule has 2 heterocycles. The Morgan fingerprint density at radius 2 is 1.96 bits per heavy atom. The molecule has 2 fully saturated rings. The van der Waals surface area contributed by atoms with E-state index >= 15 is 0 Å². The van der Waals surface area contributed by atoms with Crippen LogP contribution in [0.3, 0.4) is 0 Å². The molecule has 2 bridgehead atoms. The van der Waals surface area contributed by atoms with E-state index in [9.17, 15) is 25.2 Å². The van der Waals surface area contributed by atoms with Crippen LogP contribution in [0.15, 0.2) is 11.6 Å². The molecule has 9 heteroatoms. The van der Waals surface area contributed by atoms with Crippen LogP contribution in [0.25, 0.3) is 0 Å². The molecule has 9 nitrogen and oxygen atoms in total. The zero-order valence-corrected chi connectivity index (χ0v) is 14.2. The molecule has 0 spiro atoms. The number of amides is 1. The number of aliphatic hydroxyl groups is 4. The molecule has 9 unspecified atom stereocenters. The average Bonchev–Trinajstić information content (AvgIpc) is 3.01. The summed E-state index contributed by atoms with van der Waals surface area (Å²) in [5.41, 5.74) is 0.612. The molecule has 0 aromatic heterocycles. The maximum absolute atomic E-state index is 11.4. The van der Waals surface area contributed by atoms with E-state index in [1.54, 1.807) is 13.0 Å². The van der Waals surface area contributed by atoms with Gasteiger partial charge in [0, 0.05) is 12.8 Å². The first kappa shape index (κ1) is 18.7. The van der Waals surface area contributed by atoms with E-state index in [2.05, 4.69) is 10.6 Å². The highest BCUT2D eigenvalue weighted by Crippen LogP contribution is 2.31. The van der Waals surface area contributed by atoms with E-state index in [-0.39, 0.29) is 25.0 Å². The minimum Gasteiger partial charge on any atom is -0.392 e. The number of aliphatic hydroxyl groups excluding tert-OH is 4. The lowest BCUT2D eigenvalue weighted by atomic mass is 9.81. The highest BCUT2D eigenvalue weighted by Gasteiger charge is 2.51. The van der Waals surface area contributed by atoms with Crippen molar-refractivity contribution in [1.29, 1.82) is 0 Å². The van der Waals surface area contributed by atoms with Gasteiger partial charge in [0.15, 0.2) is 6.29 Å². The van der Waals surface area contributed by atoms with Gasteiger partial charge in [-0.15, -0.1) is 0 Å². The summed E-state index contributed by atoms with van der Waals surface area (Å²) < 4.78 is 11.2. The largest absolute Gasteiger partial charge is 0.392 e. The first-order valence-corrected chi connectivity index (χ1v) is 8.49. The van der Waals surface area contributed by atoms with Gasteiger partial charge in [0.05, 0.1) is 43.6 Å². The summed E-state index contributed by atoms with van der Waals surface area (Å²) in [6, 6.07) is -2.03. The summed E-state index contributed by atoms with van der Waals surface area (Å²) in [5, 5.41) is 46.4. The molecule has 1 amide bonds. The maximum Gasteiger partial charge on any atom is 0.217 e. The monoisotopic (exact) mass is 358 g/mol. The minimum absolute atomic E-state index is 0.226. The Labute approximate surface area is 145 Å². The second kappa shape index (κ2) is 7.28. The molecule has 3 rings (SSSR count). The van der Waals surface area contributed by atoms with Crippen molar-refractivity contribution in [2.75, 3.05) is 13.2 Å². The van der Waals surface area contributed by atoms with E-state index in [0.29, 0.717) is 5.57 Å². The zero-order chi connectivity index (χ0) is 18.3. The van der Waals surface area contributed by atoms with Crippen LogP contribution in [0.1, 0.15) is 13.8 Å². The second-order valence-corrected chi connectivity index (χ2v) is 6.98. The number of carbonyl (C=O) groups excluding carboxylic acids is 1. The van der Waals surface area contributed by atoms with Gasteiger partial charge in [0.2, 0.25) is 5.91 Å². The predicted molar refractivity (Wildman–Crippen MR) is 85.3 cm³/mol. The smallest absolute Gasteiger partial charge is 0.217 e. The van der Waals surface area contributed by atoms with Crippen molar-refractivity contribution >= 4 is 5.91 Å². The zero-order valence-electron chi connectivity index (χ0n) is 14.2. The number of fused-ring (bicyclic) bond motifs is 2. The number of ether oxygens (including phenoxy) is 2. The van der Waals surface area contributed by atoms with Crippen LogP contribution in [0.4, 0.5) is 0 Å². The molecule has 3 aliphatic rings. The maximum atomic E-state index is 11.4. The summed E-state index contributed by atoms with van der Waals surface area (Å²) in [4.78, 5) is 11.4. The fraction of sp³-hybridized carbons (Fsp3) is 0.812. The normalized spacial score (nSPS) is 46.6. The van der Waals surface area contributed by atoms with E-state index in [4.69, 9.17) is 9.47 Å². The first-order chi connectivity index (χ1) is 11.8. The number of hydrogen-bond acceptors (Lipinski definition) is 8. The highest BCUT2D eigenvalue weighted by atomic mass is 16.7. The van der Waals surface area contributed by atoms with Crippen molar-refractivity contribution in [2.45, 2.75) is 62.7 Å². The summed E-state index contributed by atoms with van der Waals surface area (Å²) >= 11 is 0. The van der Waals surface area contributed by atoms with Crippen LogP contribution in [0, 0.1) is 5.92 Å². The van der Waals surface area contributed by atoms with Crippen molar-refractivity contribution < 1.29 is 34.7 Å². The lowest BCUT2D eigenvalue weighted by Crippen LogP contribution is -2.67. The predicted octanol–water partition coefficient (Wildman–Crippen LogP) is -2.78. The molecule has 2 saturated heterocycles. The van der Waals surface area contributed by atoms with Crippen molar-refractivity contribution in [2.24, 2.45) is 5.92 Å². The van der Waals surface area contributed by atoms with Crippen LogP contribution >= 0.6 is 0 Å². The van der Waals surface area contributed by atoms with Gasteiger partial charge >= 0.3 is 0 Å². The Balaban J connectivity index is 1.78. The number of rotatable bonds is 4. The first-order valence-electron chi connectivity index (χ1n) is 8.49. The Bertz CT molecular complexity index is 543. The molecular weight excluding hydrogens is 332 g/mol. The third-order valence-electron chi connectivity index (χ3n) is 5.31. The molecule has 25 heavy (non-hydrogen) atoms. The highest BCUT2D eigenvalue weighted by molar-refractivity contribution is 5.73. The molecular formula is C16H26N2O7. The standard InChI is InChI=1S/C16H26N2O7/c1-6-8(4-19)3-9(14(22)13(6)21)18-11-10-5-24-16(25-10)12(15(11)23)17-7(2)20/h3,6,9-16,18-19,21-23H,4-5H2,1-2H3,(H,17,20). The molecule has 1 aliphatic carbocycles. The topological polar surface area (TPSA) is 141 Å². The Kier molecular flexibility index (Phi) is 5.45. The number of carbonyl (C=O) groups is 1. The molecule has 0 radical (unpaired) electrons. The average molecular weight is 358 g/mol. The van der Waals surface area contributed by atoms with E-state index in [1.165, 1.54) is 6.92 Å². The molecule has 0 saturated carbocycles. The Morgan fingerprint density at radius 3 is 2.60 bits per heavy atom. The van der Waals surface area contributed by atoms with Gasteiger partial charge in [-0.2, -0.15) is 0 Å². The molecule has 142 valence electrons. The fourth-order valence-electron chi connectivity index (χ4n) is 3.79. The third kappa shape index (κ3) is 3.45. The lowest BCUT2D eigenvalue weighted by Gasteiger charge is -2.43. The lowest BCUT2D eigenvalue weighted by molar-refractivity contribution is -0.160. The second-order valence-electron chi connectivity index (χ2n) is 6.98. The number of hydrogen-bond donors (Lipinski definition) is 6. The van der Waals surface area contributed by atoms with Crippen molar-refractivity contribution in [1.82, 2.24) is 10.6 Å². The minimum atomic E-state index is -1.10. The van der Waals surface area contributed by atoms with Crippen LogP contribution in [-0.2, 0) is 14.3 Å². The summed E-state index contributed by atoms with van der Waals surface area (Å²) in [6.45, 7) is 3.09. The third-order valence-corrected chi connectivity index (χ3v) is 5.31. The molecule has 9 atom stereocenters. The molecule has 2 aliphatic heterocycles. The van der Waals surface area contributed by atoms with Crippen molar-refractivity contribution in [3.63, 3.8) is 0 Å². The Hall–Kier alpha value is -1.07. The number of nitrogens with one attached hydrogen (secondary N) is 2. The van der Waals surface area contributed by atoms with Gasteiger partial charge in [0.25, 0.3) is 0 Å². The van der Waals surface area contributed by atoms with Gasteiger partial charge in [-0.3, -0.25) is 4.79 Å². The molecule has 0 aromatic carbocycles. The van der Waals surface area contributed by atoms with E-state index in [0.717, 1.165) is 0 Å². The Morgan fingerprint density at radius 1 is 1.24 bits per heavy atom. The van der Waals surface area contributed by atoms with E-state index < -0.39 is 48.8 Å². The van der Waals surface area contributed by atoms with Gasteiger partial charge < -0.3 is 40.5 Å². The van der Waals surface area contributed by atoms with Crippen LogP contribution in [0.5, 0.6) is 0 Å². The van der Waals surface area contributed by atoms with Crippen LogP contribution in [0.2, 0.25) is 0 Å². The summed E-state index contributed by atoms with van der Waals surface area (Å²) in [7, 11) is 0. The van der Waals surface area contributed by atoms with Gasteiger partial charge in [-0.25, -0.2) is 0 Å². The van der Waals surface area contributed by atoms with E-state index in [1.807, 2.05) is 0 Å². The summed E-state index contributed by atoms with van der Waals surface area (Å²) in [6.07, 6.45) is -2.62. The van der Waals surface area contributed by atoms with Gasteiger partial charge in [0.1, 0.15) is 12.1 Å². The molecule has 0 aromatic rings. The SMILES string of the molecule is CC(=O)NC1C2OCC(O2)C(NC2C=C(CO)C(C)C(O)C2O)C1O. The fourth-order valence-corrected chi connectivity index (χ4v) is 3.79. The van der Waals surface area contributed by atoms with Crippen molar-refractivity contribution in [3.8, 4) is 0 Å². The van der Waals surface area contributed by atoms with Gasteiger partial charge in [-0.05, 0) is 5.57 Å².